The molecule has 5 nitrogen and oxygen atoms in total. The first kappa shape index (κ1) is 12.8. The van der Waals surface area contributed by atoms with Gasteiger partial charge in [-0.1, -0.05) is 18.2 Å². The van der Waals surface area contributed by atoms with Gasteiger partial charge in [0, 0.05) is 25.4 Å². The third kappa shape index (κ3) is 1.90. The lowest BCUT2D eigenvalue weighted by atomic mass is 10.1. The van der Waals surface area contributed by atoms with Gasteiger partial charge < -0.3 is 4.40 Å². The number of imidazole rings is 1. The highest BCUT2D eigenvalue weighted by Gasteiger charge is 2.34. The maximum absolute atomic E-state index is 12.3. The molecule has 0 saturated heterocycles. The molecule has 3 aromatic rings. The second kappa shape index (κ2) is 4.80. The second-order valence-electron chi connectivity index (χ2n) is 5.26. The third-order valence-corrected chi connectivity index (χ3v) is 3.88. The van der Waals surface area contributed by atoms with E-state index in [4.69, 9.17) is 0 Å². The van der Waals surface area contributed by atoms with Crippen molar-refractivity contribution in [2.24, 2.45) is 0 Å². The molecule has 0 N–H and O–H groups in total. The minimum Gasteiger partial charge on any atom is -0.307 e. The highest BCUT2D eigenvalue weighted by atomic mass is 16.2. The molecule has 1 aliphatic rings. The molecule has 4 rings (SSSR count). The van der Waals surface area contributed by atoms with Crippen LogP contribution in [0.25, 0.3) is 5.65 Å². The van der Waals surface area contributed by atoms with Crippen LogP contribution in [0, 0.1) is 0 Å². The summed E-state index contributed by atoms with van der Waals surface area (Å²) in [5.74, 6) is -0.436. The summed E-state index contributed by atoms with van der Waals surface area (Å²) in [6.07, 6.45) is 4.40. The Hall–Kier alpha value is -2.95. The number of rotatable bonds is 3. The van der Waals surface area contributed by atoms with Crippen LogP contribution in [0.15, 0.2) is 54.9 Å². The van der Waals surface area contributed by atoms with E-state index in [1.54, 1.807) is 24.3 Å². The third-order valence-electron chi connectivity index (χ3n) is 3.88. The molecule has 3 heterocycles. The number of aromatic nitrogens is 2. The zero-order valence-corrected chi connectivity index (χ0v) is 11.8. The molecule has 0 radical (unpaired) electrons. The molecule has 0 bridgehead atoms. The van der Waals surface area contributed by atoms with Gasteiger partial charge in [0.1, 0.15) is 5.65 Å². The fourth-order valence-electron chi connectivity index (χ4n) is 2.78. The summed E-state index contributed by atoms with van der Waals surface area (Å²) in [6, 6.07) is 12.7. The molecule has 0 aliphatic carbocycles. The Morgan fingerprint density at radius 1 is 0.955 bits per heavy atom. The molecule has 0 fully saturated rings. The molecule has 5 heteroatoms. The zero-order chi connectivity index (χ0) is 15.1. The number of hydrogen-bond donors (Lipinski definition) is 0. The second-order valence-corrected chi connectivity index (χ2v) is 5.26. The average Bonchev–Trinajstić information content (AvgIpc) is 3.06. The number of fused-ring (bicyclic) bond motifs is 2. The number of carbonyl (C=O) groups excluding carboxylic acids is 2. The predicted octanol–water partition coefficient (Wildman–Crippen LogP) is 2.17. The van der Waals surface area contributed by atoms with E-state index in [0.717, 1.165) is 11.3 Å². The molecular formula is C17H13N3O2. The molecule has 22 heavy (non-hydrogen) atoms. The van der Waals surface area contributed by atoms with Gasteiger partial charge >= 0.3 is 0 Å². The molecule has 2 amide bonds. The van der Waals surface area contributed by atoms with Crippen LogP contribution in [0.2, 0.25) is 0 Å². The van der Waals surface area contributed by atoms with Crippen LogP contribution in [-0.4, -0.2) is 32.6 Å². The number of hydrogen-bond acceptors (Lipinski definition) is 3. The summed E-state index contributed by atoms with van der Waals surface area (Å²) in [6.45, 7) is 0.343. The minimum atomic E-state index is -0.218. The first-order valence-corrected chi connectivity index (χ1v) is 7.12. The summed E-state index contributed by atoms with van der Waals surface area (Å²) < 4.78 is 1.93. The molecule has 1 aliphatic heterocycles. The molecule has 2 aromatic heterocycles. The van der Waals surface area contributed by atoms with Crippen molar-refractivity contribution in [3.63, 3.8) is 0 Å². The van der Waals surface area contributed by atoms with Crippen molar-refractivity contribution >= 4 is 17.5 Å². The summed E-state index contributed by atoms with van der Waals surface area (Å²) in [4.78, 5) is 30.3. The number of amides is 2. The van der Waals surface area contributed by atoms with E-state index in [1.165, 1.54) is 4.90 Å². The minimum absolute atomic E-state index is 0.218. The summed E-state index contributed by atoms with van der Waals surface area (Å²) >= 11 is 0. The zero-order valence-electron chi connectivity index (χ0n) is 11.8. The van der Waals surface area contributed by atoms with Crippen molar-refractivity contribution in [3.8, 4) is 0 Å². The lowest BCUT2D eigenvalue weighted by Gasteiger charge is -2.12. The van der Waals surface area contributed by atoms with Gasteiger partial charge in [-0.25, -0.2) is 4.98 Å². The van der Waals surface area contributed by atoms with E-state index in [9.17, 15) is 9.59 Å². The van der Waals surface area contributed by atoms with Crippen molar-refractivity contribution in [3.05, 3.63) is 71.7 Å². The Morgan fingerprint density at radius 2 is 1.64 bits per heavy atom. The van der Waals surface area contributed by atoms with Crippen LogP contribution in [0.3, 0.4) is 0 Å². The smallest absolute Gasteiger partial charge is 0.261 e. The SMILES string of the molecule is O=C1c2ccccc2C(=O)N1CCc1[14cH]n2ccccc2n1. The van der Waals surface area contributed by atoms with E-state index in [0.29, 0.717) is 24.1 Å². The standard InChI is InChI=1S/C17H13N3O2/c21-16-13-5-1-2-6-14(13)17(22)20(16)10-8-12-11-19-9-4-3-7-15(19)18-12/h1-7,9,11H,8,10H2/i11+2. The van der Waals surface area contributed by atoms with Crippen LogP contribution in [0.4, 0.5) is 0 Å². The fraction of sp³-hybridized carbons (Fsp3) is 0.118. The van der Waals surface area contributed by atoms with Gasteiger partial charge in [0.15, 0.2) is 0 Å². The van der Waals surface area contributed by atoms with Crippen LogP contribution in [0.5, 0.6) is 0 Å². The van der Waals surface area contributed by atoms with Crippen molar-refractivity contribution in [2.45, 2.75) is 6.42 Å². The molecule has 1 aromatic carbocycles. The highest BCUT2D eigenvalue weighted by molar-refractivity contribution is 6.21. The van der Waals surface area contributed by atoms with Crippen molar-refractivity contribution < 1.29 is 9.59 Å². The quantitative estimate of drug-likeness (QED) is 0.695. The normalized spacial score (nSPS) is 13.9. The monoisotopic (exact) mass is 293 g/mol. The van der Waals surface area contributed by atoms with Crippen LogP contribution < -0.4 is 0 Å². The summed E-state index contributed by atoms with van der Waals surface area (Å²) in [5.41, 5.74) is 2.70. The first-order chi connectivity index (χ1) is 10.7. The summed E-state index contributed by atoms with van der Waals surface area (Å²) in [7, 11) is 0. The lowest BCUT2D eigenvalue weighted by Crippen LogP contribution is -2.31. The predicted molar refractivity (Wildman–Crippen MR) is 80.7 cm³/mol. The Balaban J connectivity index is 1.55. The molecule has 108 valence electrons. The Morgan fingerprint density at radius 3 is 2.32 bits per heavy atom. The van der Waals surface area contributed by atoms with Gasteiger partial charge in [0.25, 0.3) is 11.8 Å². The fourth-order valence-corrected chi connectivity index (χ4v) is 2.78. The highest BCUT2D eigenvalue weighted by Crippen LogP contribution is 2.22. The molecule has 0 spiro atoms. The van der Waals surface area contributed by atoms with Crippen molar-refractivity contribution in [2.75, 3.05) is 6.54 Å². The van der Waals surface area contributed by atoms with Gasteiger partial charge in [0.05, 0.1) is 16.8 Å². The number of benzene rings is 1. The van der Waals surface area contributed by atoms with E-state index in [1.807, 2.05) is 35.0 Å². The number of imide groups is 1. The first-order valence-electron chi connectivity index (χ1n) is 7.12. The van der Waals surface area contributed by atoms with Crippen molar-refractivity contribution in [1.82, 2.24) is 14.3 Å². The Bertz CT molecular complexity index is 830. The van der Waals surface area contributed by atoms with Gasteiger partial charge in [-0.05, 0) is 24.3 Å². The number of carbonyl (C=O) groups is 2. The number of pyridine rings is 1. The average molecular weight is 293 g/mol. The van der Waals surface area contributed by atoms with E-state index < -0.39 is 0 Å². The maximum atomic E-state index is 12.3. The Labute approximate surface area is 126 Å². The van der Waals surface area contributed by atoms with E-state index in [2.05, 4.69) is 4.98 Å². The number of nitrogens with zero attached hydrogens (tertiary/aromatic N) is 3. The molecule has 0 unspecified atom stereocenters. The molecular weight excluding hydrogens is 280 g/mol. The molecule has 0 atom stereocenters. The topological polar surface area (TPSA) is 54.7 Å². The van der Waals surface area contributed by atoms with Crippen LogP contribution in [0.1, 0.15) is 26.4 Å². The van der Waals surface area contributed by atoms with Gasteiger partial charge in [0.2, 0.25) is 0 Å². The van der Waals surface area contributed by atoms with E-state index >= 15 is 0 Å². The van der Waals surface area contributed by atoms with Crippen LogP contribution >= 0.6 is 0 Å². The maximum Gasteiger partial charge on any atom is 0.261 e. The van der Waals surface area contributed by atoms with Crippen molar-refractivity contribution in [1.29, 1.82) is 0 Å². The van der Waals surface area contributed by atoms with Gasteiger partial charge in [-0.3, -0.25) is 14.5 Å². The molecule has 0 saturated carbocycles. The Kier molecular flexibility index (Phi) is 2.79. The largest absolute Gasteiger partial charge is 0.307 e. The lowest BCUT2D eigenvalue weighted by molar-refractivity contribution is 0.0656. The van der Waals surface area contributed by atoms with Gasteiger partial charge in [-0.15, -0.1) is 0 Å². The summed E-state index contributed by atoms with van der Waals surface area (Å²) in [5, 5.41) is 0. The van der Waals surface area contributed by atoms with Gasteiger partial charge in [-0.2, -0.15) is 0 Å². The van der Waals surface area contributed by atoms with Crippen LogP contribution in [-0.2, 0) is 6.42 Å². The van der Waals surface area contributed by atoms with E-state index in [-0.39, 0.29) is 11.8 Å².